The van der Waals surface area contributed by atoms with Gasteiger partial charge in [0.25, 0.3) is 0 Å². The van der Waals surface area contributed by atoms with Crippen LogP contribution in [0.2, 0.25) is 0 Å². The zero-order chi connectivity index (χ0) is 18.2. The first-order valence-electron chi connectivity index (χ1n) is 8.53. The molecule has 2 N–H and O–H groups in total. The summed E-state index contributed by atoms with van der Waals surface area (Å²) in [4.78, 5) is 24.8. The minimum Gasteiger partial charge on any atom is -0.348 e. The number of hydrogen-bond donors (Lipinski definition) is 2. The second-order valence-corrected chi connectivity index (χ2v) is 6.47. The van der Waals surface area contributed by atoms with E-state index in [1.807, 2.05) is 24.2 Å². The Kier molecular flexibility index (Phi) is 8.52. The molecule has 0 aromatic rings. The molecule has 0 aromatic heterocycles. The number of hydrogen-bond acceptors (Lipinski definition) is 3. The lowest BCUT2D eigenvalue weighted by molar-refractivity contribution is -0.173. The van der Waals surface area contributed by atoms with Crippen molar-refractivity contribution in [3.63, 3.8) is 0 Å². The lowest BCUT2D eigenvalue weighted by Gasteiger charge is -2.36. The number of carbonyl (C=O) groups is 2. The van der Waals surface area contributed by atoms with Gasteiger partial charge in [0.2, 0.25) is 5.91 Å². The van der Waals surface area contributed by atoms with Crippen LogP contribution in [0.4, 0.5) is 13.2 Å². The maximum Gasteiger partial charge on any atom is 0.471 e. The summed E-state index contributed by atoms with van der Waals surface area (Å²) in [5.41, 5.74) is 0. The minimum atomic E-state index is -4.83. The number of halogens is 3. The summed E-state index contributed by atoms with van der Waals surface area (Å²) in [5, 5.41) is 4.92. The Balaban J connectivity index is 2.35. The molecule has 0 spiro atoms. The molecular formula is C16H28F3N3O2. The average Bonchev–Trinajstić information content (AvgIpc) is 2.54. The molecule has 0 radical (unpaired) electrons. The molecule has 1 fully saturated rings. The maximum atomic E-state index is 12.2. The van der Waals surface area contributed by atoms with Crippen molar-refractivity contribution in [2.24, 2.45) is 11.8 Å². The monoisotopic (exact) mass is 351 g/mol. The maximum absolute atomic E-state index is 12.2. The van der Waals surface area contributed by atoms with E-state index >= 15 is 0 Å². The van der Waals surface area contributed by atoms with Crippen molar-refractivity contribution in [1.82, 2.24) is 15.5 Å². The van der Waals surface area contributed by atoms with Crippen LogP contribution in [0.3, 0.4) is 0 Å². The molecule has 1 rings (SSSR count). The van der Waals surface area contributed by atoms with E-state index in [0.717, 1.165) is 32.4 Å². The summed E-state index contributed by atoms with van der Waals surface area (Å²) < 4.78 is 36.4. The Morgan fingerprint density at radius 1 is 1.29 bits per heavy atom. The highest BCUT2D eigenvalue weighted by Crippen LogP contribution is 2.26. The molecule has 1 aliphatic rings. The van der Waals surface area contributed by atoms with Crippen LogP contribution in [-0.2, 0) is 9.59 Å². The first-order valence-corrected chi connectivity index (χ1v) is 8.53. The lowest BCUT2D eigenvalue weighted by Crippen LogP contribution is -2.42. The zero-order valence-corrected chi connectivity index (χ0v) is 14.4. The average molecular weight is 351 g/mol. The summed E-state index contributed by atoms with van der Waals surface area (Å²) >= 11 is 0. The molecule has 0 aliphatic carbocycles. The van der Waals surface area contributed by atoms with Gasteiger partial charge in [0.15, 0.2) is 0 Å². The fourth-order valence-corrected chi connectivity index (χ4v) is 3.02. The highest BCUT2D eigenvalue weighted by molar-refractivity contribution is 5.81. The van der Waals surface area contributed by atoms with E-state index in [0.29, 0.717) is 19.4 Å². The smallest absolute Gasteiger partial charge is 0.348 e. The number of nitrogens with zero attached hydrogens (tertiary/aromatic N) is 1. The van der Waals surface area contributed by atoms with E-state index in [4.69, 9.17) is 0 Å². The van der Waals surface area contributed by atoms with Gasteiger partial charge in [-0.15, -0.1) is 0 Å². The van der Waals surface area contributed by atoms with Crippen LogP contribution < -0.4 is 10.6 Å². The van der Waals surface area contributed by atoms with Crippen LogP contribution in [0.5, 0.6) is 0 Å². The molecular weight excluding hydrogens is 323 g/mol. The minimum absolute atomic E-state index is 0.00608. The van der Waals surface area contributed by atoms with Gasteiger partial charge in [0.05, 0.1) is 0 Å². The van der Waals surface area contributed by atoms with Crippen molar-refractivity contribution >= 4 is 11.8 Å². The highest BCUT2D eigenvalue weighted by atomic mass is 19.4. The third-order valence-corrected chi connectivity index (χ3v) is 4.58. The second kappa shape index (κ2) is 9.86. The van der Waals surface area contributed by atoms with E-state index in [-0.39, 0.29) is 24.3 Å². The molecule has 140 valence electrons. The summed E-state index contributed by atoms with van der Waals surface area (Å²) in [6.45, 7) is 4.20. The van der Waals surface area contributed by atoms with Gasteiger partial charge in [0, 0.05) is 26.1 Å². The van der Waals surface area contributed by atoms with Gasteiger partial charge in [-0.25, -0.2) is 0 Å². The molecule has 5 nitrogen and oxygen atoms in total. The Hall–Kier alpha value is -1.31. The fraction of sp³-hybridized carbons (Fsp3) is 0.875. The van der Waals surface area contributed by atoms with Crippen LogP contribution in [-0.4, -0.2) is 56.1 Å². The Bertz CT molecular complexity index is 416. The highest BCUT2D eigenvalue weighted by Gasteiger charge is 2.38. The van der Waals surface area contributed by atoms with E-state index in [9.17, 15) is 22.8 Å². The van der Waals surface area contributed by atoms with Gasteiger partial charge < -0.3 is 15.5 Å². The number of carbonyl (C=O) groups excluding carboxylic acids is 2. The van der Waals surface area contributed by atoms with Gasteiger partial charge in [0.1, 0.15) is 0 Å². The molecule has 2 amide bonds. The van der Waals surface area contributed by atoms with Gasteiger partial charge in [-0.05, 0) is 51.1 Å². The number of piperidine rings is 1. The van der Waals surface area contributed by atoms with Crippen LogP contribution in [0.1, 0.15) is 39.0 Å². The number of amides is 2. The molecule has 1 unspecified atom stereocenters. The van der Waals surface area contributed by atoms with Crippen molar-refractivity contribution < 1.29 is 22.8 Å². The molecule has 0 bridgehead atoms. The molecule has 0 saturated carbocycles. The van der Waals surface area contributed by atoms with Crippen LogP contribution in [0.25, 0.3) is 0 Å². The SMILES string of the molecule is CNCCCC(=O)N1CCCC([C@H](C)CCNC(=O)C(F)(F)F)C1. The Morgan fingerprint density at radius 2 is 2.00 bits per heavy atom. The van der Waals surface area contributed by atoms with Crippen molar-refractivity contribution in [2.75, 3.05) is 33.2 Å². The zero-order valence-electron chi connectivity index (χ0n) is 14.4. The summed E-state index contributed by atoms with van der Waals surface area (Å²) in [6.07, 6.45) is -1.14. The predicted octanol–water partition coefficient (Wildman–Crippen LogP) is 1.93. The first-order chi connectivity index (χ1) is 11.3. The van der Waals surface area contributed by atoms with Gasteiger partial charge in [-0.1, -0.05) is 6.92 Å². The number of nitrogens with one attached hydrogen (secondary N) is 2. The van der Waals surface area contributed by atoms with E-state index in [2.05, 4.69) is 5.32 Å². The normalized spacial score (nSPS) is 19.9. The van der Waals surface area contributed by atoms with Crippen LogP contribution >= 0.6 is 0 Å². The van der Waals surface area contributed by atoms with Crippen molar-refractivity contribution in [3.8, 4) is 0 Å². The van der Waals surface area contributed by atoms with E-state index in [1.54, 1.807) is 0 Å². The number of alkyl halides is 3. The standard InChI is InChI=1S/C16H28F3N3O2/c1-12(7-9-21-15(24)16(17,18)19)13-5-4-10-22(11-13)14(23)6-3-8-20-2/h12-13,20H,3-11H2,1-2H3,(H,21,24)/t12-,13?/m1/s1. The fourth-order valence-electron chi connectivity index (χ4n) is 3.02. The number of likely N-dealkylation sites (tertiary alicyclic amines) is 1. The Morgan fingerprint density at radius 3 is 2.62 bits per heavy atom. The van der Waals surface area contributed by atoms with Crippen LogP contribution in [0.15, 0.2) is 0 Å². The van der Waals surface area contributed by atoms with Crippen molar-refractivity contribution in [3.05, 3.63) is 0 Å². The molecule has 1 saturated heterocycles. The Labute approximate surface area is 141 Å². The molecule has 0 aromatic carbocycles. The van der Waals surface area contributed by atoms with E-state index < -0.39 is 12.1 Å². The van der Waals surface area contributed by atoms with E-state index in [1.165, 1.54) is 0 Å². The van der Waals surface area contributed by atoms with Gasteiger partial charge >= 0.3 is 12.1 Å². The van der Waals surface area contributed by atoms with Crippen molar-refractivity contribution in [1.29, 1.82) is 0 Å². The molecule has 1 heterocycles. The van der Waals surface area contributed by atoms with Crippen LogP contribution in [0, 0.1) is 11.8 Å². The summed E-state index contributed by atoms with van der Waals surface area (Å²) in [6, 6.07) is 0. The lowest BCUT2D eigenvalue weighted by atomic mass is 9.84. The molecule has 1 aliphatic heterocycles. The van der Waals surface area contributed by atoms with Crippen molar-refractivity contribution in [2.45, 2.75) is 45.2 Å². The third-order valence-electron chi connectivity index (χ3n) is 4.58. The molecule has 8 heteroatoms. The largest absolute Gasteiger partial charge is 0.471 e. The molecule has 2 atom stereocenters. The summed E-state index contributed by atoms with van der Waals surface area (Å²) in [7, 11) is 1.85. The predicted molar refractivity (Wildman–Crippen MR) is 85.3 cm³/mol. The quantitative estimate of drug-likeness (QED) is 0.657. The molecule has 24 heavy (non-hydrogen) atoms. The number of rotatable bonds is 8. The first kappa shape index (κ1) is 20.7. The summed E-state index contributed by atoms with van der Waals surface area (Å²) in [5.74, 6) is -1.31. The third kappa shape index (κ3) is 7.07. The second-order valence-electron chi connectivity index (χ2n) is 6.47. The topological polar surface area (TPSA) is 61.4 Å². The van der Waals surface area contributed by atoms with Gasteiger partial charge in [-0.3, -0.25) is 9.59 Å². The van der Waals surface area contributed by atoms with Gasteiger partial charge in [-0.2, -0.15) is 13.2 Å².